The zero-order valence-corrected chi connectivity index (χ0v) is 8.30. The summed E-state index contributed by atoms with van der Waals surface area (Å²) in [5.74, 6) is 0. The minimum absolute atomic E-state index is 0.331. The highest BCUT2D eigenvalue weighted by Crippen LogP contribution is 2.17. The Labute approximate surface area is 86.5 Å². The van der Waals surface area contributed by atoms with Crippen LogP contribution in [0.3, 0.4) is 0 Å². The SMILES string of the molecule is COc1ncc2c(n1)CCN(C(=O)O)C2. The maximum atomic E-state index is 10.7. The van der Waals surface area contributed by atoms with Crippen molar-refractivity contribution >= 4 is 6.09 Å². The van der Waals surface area contributed by atoms with Gasteiger partial charge in [-0.2, -0.15) is 4.98 Å². The minimum Gasteiger partial charge on any atom is -0.467 e. The van der Waals surface area contributed by atoms with Crippen LogP contribution in [0.1, 0.15) is 11.3 Å². The van der Waals surface area contributed by atoms with Gasteiger partial charge in [-0.3, -0.25) is 0 Å². The summed E-state index contributed by atoms with van der Waals surface area (Å²) in [6.07, 6.45) is 1.33. The number of hydrogen-bond donors (Lipinski definition) is 1. The van der Waals surface area contributed by atoms with Crippen LogP contribution in [0.4, 0.5) is 4.79 Å². The summed E-state index contributed by atoms with van der Waals surface area (Å²) in [6.45, 7) is 0.831. The third-order valence-corrected chi connectivity index (χ3v) is 2.36. The van der Waals surface area contributed by atoms with Gasteiger partial charge in [0, 0.05) is 24.7 Å². The number of amides is 1. The van der Waals surface area contributed by atoms with E-state index in [4.69, 9.17) is 9.84 Å². The van der Waals surface area contributed by atoms with Crippen molar-refractivity contribution in [1.82, 2.24) is 14.9 Å². The molecule has 1 aliphatic rings. The topological polar surface area (TPSA) is 75.6 Å². The van der Waals surface area contributed by atoms with Crippen molar-refractivity contribution in [2.45, 2.75) is 13.0 Å². The highest BCUT2D eigenvalue weighted by atomic mass is 16.5. The third kappa shape index (κ3) is 1.83. The van der Waals surface area contributed by atoms with Gasteiger partial charge in [-0.1, -0.05) is 0 Å². The van der Waals surface area contributed by atoms with Crippen LogP contribution in [0.2, 0.25) is 0 Å². The van der Waals surface area contributed by atoms with E-state index in [0.717, 1.165) is 11.3 Å². The lowest BCUT2D eigenvalue weighted by Gasteiger charge is -2.25. The van der Waals surface area contributed by atoms with E-state index in [9.17, 15) is 4.79 Å². The molecule has 0 unspecified atom stereocenters. The van der Waals surface area contributed by atoms with Crippen LogP contribution >= 0.6 is 0 Å². The molecule has 0 fully saturated rings. The van der Waals surface area contributed by atoms with Gasteiger partial charge >= 0.3 is 12.1 Å². The molecule has 0 aliphatic carbocycles. The van der Waals surface area contributed by atoms with E-state index < -0.39 is 6.09 Å². The van der Waals surface area contributed by atoms with E-state index in [1.165, 1.54) is 12.0 Å². The molecule has 1 amide bonds. The summed E-state index contributed by atoms with van der Waals surface area (Å²) in [4.78, 5) is 20.2. The highest BCUT2D eigenvalue weighted by Gasteiger charge is 2.21. The van der Waals surface area contributed by atoms with E-state index in [1.54, 1.807) is 6.20 Å². The first-order chi connectivity index (χ1) is 7.20. The molecule has 80 valence electrons. The lowest BCUT2D eigenvalue weighted by molar-refractivity contribution is 0.139. The smallest absolute Gasteiger partial charge is 0.407 e. The number of hydrogen-bond acceptors (Lipinski definition) is 4. The Balaban J connectivity index is 2.24. The lowest BCUT2D eigenvalue weighted by Crippen LogP contribution is -2.35. The number of methoxy groups -OCH3 is 1. The van der Waals surface area contributed by atoms with Crippen LogP contribution in [0, 0.1) is 0 Å². The minimum atomic E-state index is -0.906. The lowest BCUT2D eigenvalue weighted by atomic mass is 10.1. The summed E-state index contributed by atoms with van der Waals surface area (Å²) in [5.41, 5.74) is 1.73. The van der Waals surface area contributed by atoms with E-state index in [0.29, 0.717) is 25.5 Å². The van der Waals surface area contributed by atoms with Gasteiger partial charge < -0.3 is 14.7 Å². The Kier molecular flexibility index (Phi) is 2.40. The van der Waals surface area contributed by atoms with Crippen LogP contribution in [0.25, 0.3) is 0 Å². The zero-order valence-electron chi connectivity index (χ0n) is 8.30. The van der Waals surface area contributed by atoms with Crippen molar-refractivity contribution in [1.29, 1.82) is 0 Å². The molecule has 6 heteroatoms. The maximum Gasteiger partial charge on any atom is 0.407 e. The number of aromatic nitrogens is 2. The van der Waals surface area contributed by atoms with Crippen molar-refractivity contribution in [3.63, 3.8) is 0 Å². The van der Waals surface area contributed by atoms with Crippen molar-refractivity contribution in [2.75, 3.05) is 13.7 Å². The number of nitrogens with zero attached hydrogens (tertiary/aromatic N) is 3. The van der Waals surface area contributed by atoms with Gasteiger partial charge in [0.1, 0.15) is 0 Å². The normalized spacial score (nSPS) is 14.6. The molecule has 1 aromatic heterocycles. The monoisotopic (exact) mass is 209 g/mol. The molecule has 6 nitrogen and oxygen atoms in total. The van der Waals surface area contributed by atoms with Crippen molar-refractivity contribution in [2.24, 2.45) is 0 Å². The maximum absolute atomic E-state index is 10.7. The van der Waals surface area contributed by atoms with Gasteiger partial charge in [-0.25, -0.2) is 9.78 Å². The van der Waals surface area contributed by atoms with Gasteiger partial charge in [0.25, 0.3) is 0 Å². The summed E-state index contributed by atoms with van der Waals surface area (Å²) in [7, 11) is 1.51. The first-order valence-corrected chi connectivity index (χ1v) is 4.57. The predicted molar refractivity (Wildman–Crippen MR) is 50.7 cm³/mol. The average molecular weight is 209 g/mol. The number of rotatable bonds is 1. The number of carbonyl (C=O) groups is 1. The Bertz CT molecular complexity index is 394. The molecular weight excluding hydrogens is 198 g/mol. The van der Waals surface area contributed by atoms with E-state index in [1.807, 2.05) is 0 Å². The Morgan fingerprint density at radius 2 is 2.47 bits per heavy atom. The first kappa shape index (κ1) is 9.70. The number of carboxylic acid groups (broad SMARTS) is 1. The summed E-state index contributed by atoms with van der Waals surface area (Å²) in [6, 6.07) is 0.331. The molecular formula is C9H11N3O3. The fourth-order valence-electron chi connectivity index (χ4n) is 1.56. The van der Waals surface area contributed by atoms with Crippen LogP contribution in [-0.4, -0.2) is 39.7 Å². The second-order valence-corrected chi connectivity index (χ2v) is 3.28. The van der Waals surface area contributed by atoms with Gasteiger partial charge in [-0.15, -0.1) is 0 Å². The standard InChI is InChI=1S/C9H11N3O3/c1-15-8-10-4-6-5-12(9(13)14)3-2-7(6)11-8/h4H,2-3,5H2,1H3,(H,13,14). The molecule has 0 saturated heterocycles. The van der Waals surface area contributed by atoms with Gasteiger partial charge in [0.15, 0.2) is 0 Å². The second-order valence-electron chi connectivity index (χ2n) is 3.28. The van der Waals surface area contributed by atoms with Gasteiger partial charge in [-0.05, 0) is 0 Å². The third-order valence-electron chi connectivity index (χ3n) is 2.36. The molecule has 1 N–H and O–H groups in total. The van der Waals surface area contributed by atoms with E-state index in [-0.39, 0.29) is 0 Å². The van der Waals surface area contributed by atoms with Crippen molar-refractivity contribution in [3.8, 4) is 6.01 Å². The summed E-state index contributed by atoms with van der Waals surface area (Å²) >= 11 is 0. The Hall–Kier alpha value is -1.85. The largest absolute Gasteiger partial charge is 0.467 e. The van der Waals surface area contributed by atoms with Crippen LogP contribution in [0.15, 0.2) is 6.20 Å². The fraction of sp³-hybridized carbons (Fsp3) is 0.444. The average Bonchev–Trinajstić information content (AvgIpc) is 2.27. The molecule has 0 atom stereocenters. The highest BCUT2D eigenvalue weighted by molar-refractivity contribution is 5.65. The number of ether oxygens (including phenoxy) is 1. The van der Waals surface area contributed by atoms with Gasteiger partial charge in [0.05, 0.1) is 19.3 Å². The second kappa shape index (κ2) is 3.72. The molecule has 0 saturated carbocycles. The summed E-state index contributed by atoms with van der Waals surface area (Å²) in [5, 5.41) is 8.83. The molecule has 1 aromatic rings. The molecule has 1 aliphatic heterocycles. The van der Waals surface area contributed by atoms with Crippen LogP contribution in [0.5, 0.6) is 6.01 Å². The predicted octanol–water partition coefficient (Wildman–Crippen LogP) is 0.521. The first-order valence-electron chi connectivity index (χ1n) is 4.57. The van der Waals surface area contributed by atoms with Crippen LogP contribution < -0.4 is 4.74 Å². The quantitative estimate of drug-likeness (QED) is 0.729. The van der Waals surface area contributed by atoms with Crippen LogP contribution in [-0.2, 0) is 13.0 Å². The Morgan fingerprint density at radius 3 is 3.13 bits per heavy atom. The number of fused-ring (bicyclic) bond motifs is 1. The molecule has 15 heavy (non-hydrogen) atoms. The fourth-order valence-corrected chi connectivity index (χ4v) is 1.56. The van der Waals surface area contributed by atoms with E-state index in [2.05, 4.69) is 9.97 Å². The molecule has 0 radical (unpaired) electrons. The summed E-state index contributed by atoms with van der Waals surface area (Å²) < 4.78 is 4.90. The van der Waals surface area contributed by atoms with Crippen molar-refractivity contribution in [3.05, 3.63) is 17.5 Å². The molecule has 2 heterocycles. The van der Waals surface area contributed by atoms with E-state index >= 15 is 0 Å². The van der Waals surface area contributed by atoms with Crippen molar-refractivity contribution < 1.29 is 14.6 Å². The van der Waals surface area contributed by atoms with Gasteiger partial charge in [0.2, 0.25) is 0 Å². The molecule has 0 spiro atoms. The molecule has 2 rings (SSSR count). The molecule has 0 bridgehead atoms. The Morgan fingerprint density at radius 1 is 1.67 bits per heavy atom. The zero-order chi connectivity index (χ0) is 10.8. The molecule has 0 aromatic carbocycles.